The normalized spacial score (nSPS) is 16.5. The number of halogens is 2. The second-order valence-electron chi connectivity index (χ2n) is 5.73. The minimum atomic E-state index is -0.459. The van der Waals surface area contributed by atoms with E-state index in [1.807, 2.05) is 12.1 Å². The molecule has 0 bridgehead atoms. The minimum Gasteiger partial charge on any atom is -0.379 e. The van der Waals surface area contributed by atoms with Gasteiger partial charge in [-0.3, -0.25) is 14.7 Å². The highest BCUT2D eigenvalue weighted by atomic mass is 35.5. The van der Waals surface area contributed by atoms with Gasteiger partial charge in [0.2, 0.25) is 0 Å². The lowest BCUT2D eigenvalue weighted by molar-refractivity contribution is -0.128. The highest BCUT2D eigenvalue weighted by Crippen LogP contribution is 2.22. The first kappa shape index (κ1) is 18.8. The number of pyridine rings is 1. The van der Waals surface area contributed by atoms with E-state index in [4.69, 9.17) is 27.9 Å². The second-order valence-corrected chi connectivity index (χ2v) is 6.58. The van der Waals surface area contributed by atoms with Crippen LogP contribution in [0.1, 0.15) is 17.2 Å². The molecule has 1 aliphatic heterocycles. The number of hydrogen-bond donors (Lipinski definition) is 1. The van der Waals surface area contributed by atoms with Crippen molar-refractivity contribution in [3.8, 4) is 0 Å². The molecule has 6 nitrogen and oxygen atoms in total. The molecule has 0 aliphatic carbocycles. The van der Waals surface area contributed by atoms with Crippen molar-refractivity contribution in [2.75, 3.05) is 26.3 Å². The Kier molecular flexibility index (Phi) is 6.57. The molecular weight excluding hydrogens is 375 g/mol. The number of rotatable bonds is 5. The van der Waals surface area contributed by atoms with E-state index in [-0.39, 0.29) is 5.91 Å². The maximum atomic E-state index is 12.8. The first-order valence-corrected chi connectivity index (χ1v) is 8.90. The Morgan fingerprint density at radius 1 is 1.23 bits per heavy atom. The zero-order valence-electron chi connectivity index (χ0n) is 13.9. The lowest BCUT2D eigenvalue weighted by Gasteiger charge is -2.33. The standard InChI is InChI=1S/C18H18Cl2N4O2/c19-15-2-1-14(16(20)11-15)12-22-23-18(25)17(13-3-5-21-6-4-13)24-7-9-26-10-8-24/h1-6,11-12,17H,7-10H2,(H,23,25)/b22-12-/t17-/m0/s1. The molecule has 26 heavy (non-hydrogen) atoms. The molecule has 1 aromatic carbocycles. The van der Waals surface area contributed by atoms with E-state index in [9.17, 15) is 4.79 Å². The summed E-state index contributed by atoms with van der Waals surface area (Å²) in [5.74, 6) is -0.223. The Bertz CT molecular complexity index is 780. The quantitative estimate of drug-likeness (QED) is 0.627. The molecule has 136 valence electrons. The largest absolute Gasteiger partial charge is 0.379 e. The topological polar surface area (TPSA) is 66.8 Å². The van der Waals surface area contributed by atoms with Crippen molar-refractivity contribution < 1.29 is 9.53 Å². The zero-order valence-corrected chi connectivity index (χ0v) is 15.5. The number of morpholine rings is 1. The van der Waals surface area contributed by atoms with Crippen molar-refractivity contribution in [1.82, 2.24) is 15.3 Å². The number of carbonyl (C=O) groups is 1. The van der Waals surface area contributed by atoms with Crippen molar-refractivity contribution >= 4 is 35.3 Å². The molecule has 0 spiro atoms. The van der Waals surface area contributed by atoms with Crippen molar-refractivity contribution in [1.29, 1.82) is 0 Å². The number of benzene rings is 1. The van der Waals surface area contributed by atoms with Crippen LogP contribution in [0, 0.1) is 0 Å². The first-order valence-electron chi connectivity index (χ1n) is 8.15. The average Bonchev–Trinajstić information content (AvgIpc) is 2.65. The Balaban J connectivity index is 1.74. The van der Waals surface area contributed by atoms with Gasteiger partial charge in [0.15, 0.2) is 0 Å². The molecule has 1 aliphatic rings. The van der Waals surface area contributed by atoms with Gasteiger partial charge in [-0.1, -0.05) is 29.3 Å². The fourth-order valence-corrected chi connectivity index (χ4v) is 3.20. The summed E-state index contributed by atoms with van der Waals surface area (Å²) in [4.78, 5) is 18.9. The summed E-state index contributed by atoms with van der Waals surface area (Å²) in [6.45, 7) is 2.54. The highest BCUT2D eigenvalue weighted by Gasteiger charge is 2.28. The van der Waals surface area contributed by atoms with Gasteiger partial charge in [0.25, 0.3) is 5.91 Å². The van der Waals surface area contributed by atoms with Crippen LogP contribution in [0.2, 0.25) is 10.0 Å². The molecule has 2 aromatic rings. The molecule has 2 heterocycles. The SMILES string of the molecule is O=C(N/N=C\c1ccc(Cl)cc1Cl)[C@H](c1ccncc1)N1CCOCC1. The number of carbonyl (C=O) groups excluding carboxylic acids is 1. The second kappa shape index (κ2) is 9.09. The third-order valence-corrected chi connectivity index (χ3v) is 4.58. The third-order valence-electron chi connectivity index (χ3n) is 4.02. The van der Waals surface area contributed by atoms with Gasteiger partial charge in [-0.2, -0.15) is 5.10 Å². The molecular formula is C18H18Cl2N4O2. The molecule has 1 saturated heterocycles. The van der Waals surface area contributed by atoms with E-state index in [0.717, 1.165) is 5.56 Å². The predicted molar refractivity (Wildman–Crippen MR) is 102 cm³/mol. The van der Waals surface area contributed by atoms with Crippen molar-refractivity contribution in [3.63, 3.8) is 0 Å². The Hall–Kier alpha value is -1.99. The van der Waals surface area contributed by atoms with Crippen molar-refractivity contribution in [2.24, 2.45) is 5.10 Å². The fraction of sp³-hybridized carbons (Fsp3) is 0.278. The smallest absolute Gasteiger partial charge is 0.262 e. The van der Waals surface area contributed by atoms with Crippen molar-refractivity contribution in [2.45, 2.75) is 6.04 Å². The highest BCUT2D eigenvalue weighted by molar-refractivity contribution is 6.36. The molecule has 8 heteroatoms. The van der Waals surface area contributed by atoms with Crippen molar-refractivity contribution in [3.05, 3.63) is 63.9 Å². The van der Waals surface area contributed by atoms with Crippen LogP contribution < -0.4 is 5.43 Å². The fourth-order valence-electron chi connectivity index (χ4n) is 2.74. The molecule has 1 amide bonds. The van der Waals surface area contributed by atoms with E-state index < -0.39 is 6.04 Å². The summed E-state index contributed by atoms with van der Waals surface area (Å²) in [7, 11) is 0. The summed E-state index contributed by atoms with van der Waals surface area (Å²) in [6.07, 6.45) is 4.85. The first-order chi connectivity index (χ1) is 12.6. The Labute approximate surface area is 161 Å². The van der Waals surface area contributed by atoms with Crippen LogP contribution in [0.25, 0.3) is 0 Å². The molecule has 1 N–H and O–H groups in total. The Morgan fingerprint density at radius 3 is 2.65 bits per heavy atom. The maximum absolute atomic E-state index is 12.8. The van der Waals surface area contributed by atoms with Crippen LogP contribution in [0.5, 0.6) is 0 Å². The molecule has 1 fully saturated rings. The van der Waals surface area contributed by atoms with Gasteiger partial charge in [0.1, 0.15) is 6.04 Å². The minimum absolute atomic E-state index is 0.223. The predicted octanol–water partition coefficient (Wildman–Crippen LogP) is 2.91. The van der Waals surface area contributed by atoms with E-state index in [1.165, 1.54) is 6.21 Å². The van der Waals surface area contributed by atoms with Gasteiger partial charge in [-0.05, 0) is 29.8 Å². The zero-order chi connectivity index (χ0) is 18.4. The number of nitrogens with one attached hydrogen (secondary N) is 1. The third kappa shape index (κ3) is 4.80. The van der Waals surface area contributed by atoms with Crippen LogP contribution in [0.15, 0.2) is 47.8 Å². The molecule has 0 unspecified atom stereocenters. The molecule has 1 aromatic heterocycles. The van der Waals surface area contributed by atoms with Gasteiger partial charge in [0, 0.05) is 36.1 Å². The van der Waals surface area contributed by atoms with E-state index in [2.05, 4.69) is 20.4 Å². The van der Waals surface area contributed by atoms with E-state index in [1.54, 1.807) is 30.6 Å². The monoisotopic (exact) mass is 392 g/mol. The van der Waals surface area contributed by atoms with Crippen LogP contribution in [-0.4, -0.2) is 48.3 Å². The van der Waals surface area contributed by atoms with Gasteiger partial charge in [0.05, 0.1) is 24.5 Å². The van der Waals surface area contributed by atoms with E-state index >= 15 is 0 Å². The van der Waals surface area contributed by atoms with Gasteiger partial charge in [-0.15, -0.1) is 0 Å². The summed E-state index contributed by atoms with van der Waals surface area (Å²) in [5.41, 5.74) is 4.13. The van der Waals surface area contributed by atoms with Crippen LogP contribution in [0.4, 0.5) is 0 Å². The molecule has 0 radical (unpaired) electrons. The van der Waals surface area contributed by atoms with E-state index in [0.29, 0.717) is 41.9 Å². The number of aromatic nitrogens is 1. The molecule has 3 rings (SSSR count). The number of amides is 1. The lowest BCUT2D eigenvalue weighted by atomic mass is 10.1. The van der Waals surface area contributed by atoms with Crippen LogP contribution in [0.3, 0.4) is 0 Å². The summed E-state index contributed by atoms with van der Waals surface area (Å²) in [5, 5.41) is 5.06. The summed E-state index contributed by atoms with van der Waals surface area (Å²) < 4.78 is 5.39. The van der Waals surface area contributed by atoms with Crippen LogP contribution >= 0.6 is 23.2 Å². The number of hydrazone groups is 1. The Morgan fingerprint density at radius 2 is 1.96 bits per heavy atom. The number of nitrogens with zero attached hydrogens (tertiary/aromatic N) is 3. The van der Waals surface area contributed by atoms with Crippen LogP contribution in [-0.2, 0) is 9.53 Å². The number of ether oxygens (including phenoxy) is 1. The lowest BCUT2D eigenvalue weighted by Crippen LogP contribution is -2.44. The average molecular weight is 393 g/mol. The molecule has 0 saturated carbocycles. The van der Waals surface area contributed by atoms with Gasteiger partial charge >= 0.3 is 0 Å². The molecule has 1 atom stereocenters. The summed E-state index contributed by atoms with van der Waals surface area (Å²) >= 11 is 12.0. The number of hydrogen-bond acceptors (Lipinski definition) is 5. The maximum Gasteiger partial charge on any atom is 0.262 e. The van der Waals surface area contributed by atoms with Gasteiger partial charge in [-0.25, -0.2) is 5.43 Å². The van der Waals surface area contributed by atoms with Gasteiger partial charge < -0.3 is 4.74 Å². The summed E-state index contributed by atoms with van der Waals surface area (Å²) in [6, 6.07) is 8.28.